The highest BCUT2D eigenvalue weighted by molar-refractivity contribution is 4.92. The lowest BCUT2D eigenvalue weighted by atomic mass is 9.64. The van der Waals surface area contributed by atoms with Crippen LogP contribution >= 0.6 is 0 Å². The second kappa shape index (κ2) is 2.80. The first kappa shape index (κ1) is 6.51. The highest BCUT2D eigenvalue weighted by atomic mass is 14.5. The maximum Gasteiger partial charge on any atom is 0.0270 e. The quantitative estimate of drug-likeness (QED) is 0.538. The van der Waals surface area contributed by atoms with Crippen LogP contribution in [0.2, 0.25) is 0 Å². The summed E-state index contributed by atoms with van der Waals surface area (Å²) in [5, 5.41) is 0. The average molecular weight is 156 g/mol. The summed E-state index contributed by atoms with van der Waals surface area (Å²) in [4.78, 5) is 0. The second-order valence-electron chi connectivity index (χ2n) is 4.79. The van der Waals surface area contributed by atoms with E-state index in [4.69, 9.17) is 2.74 Å². The van der Waals surface area contributed by atoms with Gasteiger partial charge in [0.05, 0.1) is 0 Å². The Kier molecular flexibility index (Phi) is 1.66. The van der Waals surface area contributed by atoms with E-state index in [2.05, 4.69) is 20.8 Å². The van der Waals surface area contributed by atoms with Crippen LogP contribution in [0.3, 0.4) is 0 Å². The summed E-state index contributed by atoms with van der Waals surface area (Å²) in [6.07, 6.45) is 3.47. The van der Waals surface area contributed by atoms with Crippen LogP contribution < -0.4 is 0 Å². The van der Waals surface area contributed by atoms with Crippen molar-refractivity contribution in [3.05, 3.63) is 0 Å². The zero-order chi connectivity index (χ0) is 10.3. The molecular formula is C11H22. The van der Waals surface area contributed by atoms with Crippen molar-refractivity contribution < 1.29 is 2.74 Å². The highest BCUT2D eigenvalue weighted by Crippen LogP contribution is 2.53. The van der Waals surface area contributed by atoms with Crippen molar-refractivity contribution in [3.8, 4) is 0 Å². The van der Waals surface area contributed by atoms with E-state index in [0.717, 1.165) is 12.8 Å². The summed E-state index contributed by atoms with van der Waals surface area (Å²) < 4.78 is 16.0. The first-order valence-electron chi connectivity index (χ1n) is 5.71. The monoisotopic (exact) mass is 156 g/mol. The van der Waals surface area contributed by atoms with Gasteiger partial charge in [0.15, 0.2) is 0 Å². The molecule has 0 amide bonds. The molecule has 1 aliphatic rings. The average Bonchev–Trinajstić information content (AvgIpc) is 2.28. The van der Waals surface area contributed by atoms with Gasteiger partial charge in [-0.15, -0.1) is 0 Å². The fraction of sp³-hybridized carbons (Fsp3) is 1.00. The van der Waals surface area contributed by atoms with Crippen molar-refractivity contribution in [2.45, 2.75) is 59.8 Å². The molecule has 0 N–H and O–H groups in total. The summed E-state index contributed by atoms with van der Waals surface area (Å²) >= 11 is 0. The van der Waals surface area contributed by atoms with Gasteiger partial charge in [0.2, 0.25) is 0 Å². The minimum atomic E-state index is -1.04. The molecular weight excluding hydrogens is 132 g/mol. The predicted octanol–water partition coefficient (Wildman–Crippen LogP) is 4.00. The lowest BCUT2D eigenvalue weighted by molar-refractivity contribution is 0.0881. The molecule has 0 radical (unpaired) electrons. The maximum absolute atomic E-state index is 8.00. The molecule has 11 heavy (non-hydrogen) atoms. The van der Waals surface area contributed by atoms with Crippen LogP contribution in [0.5, 0.6) is 0 Å². The fourth-order valence-corrected chi connectivity index (χ4v) is 2.35. The standard InChI is InChI=1S/C11H22/c1-5-11(10(2,3)4)8-6-7-9-11/h5-9H2,1-4H3/i5D2. The third kappa shape index (κ3) is 1.45. The summed E-state index contributed by atoms with van der Waals surface area (Å²) in [5.41, 5.74) is -0.0122. The summed E-state index contributed by atoms with van der Waals surface area (Å²) in [6, 6.07) is 0. The molecule has 1 saturated carbocycles. The van der Waals surface area contributed by atoms with Crippen LogP contribution in [-0.2, 0) is 0 Å². The SMILES string of the molecule is [2H]C([2H])(C)C1(C(C)(C)C)CCCC1. The molecule has 0 heteroatoms. The number of rotatable bonds is 1. The maximum atomic E-state index is 8.00. The normalized spacial score (nSPS) is 28.0. The Labute approximate surface area is 74.2 Å². The summed E-state index contributed by atoms with van der Waals surface area (Å²) in [5.74, 6) is 0. The van der Waals surface area contributed by atoms with Gasteiger partial charge in [-0.2, -0.15) is 0 Å². The molecule has 0 aliphatic heterocycles. The molecule has 1 fully saturated rings. The van der Waals surface area contributed by atoms with Crippen molar-refractivity contribution in [2.24, 2.45) is 10.8 Å². The minimum absolute atomic E-state index is 0.0851. The molecule has 0 bridgehead atoms. The molecule has 1 aliphatic carbocycles. The lowest BCUT2D eigenvalue weighted by Gasteiger charge is -2.41. The lowest BCUT2D eigenvalue weighted by Crippen LogP contribution is -2.32. The summed E-state index contributed by atoms with van der Waals surface area (Å²) in [6.45, 7) is 8.29. The van der Waals surface area contributed by atoms with Gasteiger partial charge in [-0.3, -0.25) is 0 Å². The summed E-state index contributed by atoms with van der Waals surface area (Å²) in [7, 11) is 0. The van der Waals surface area contributed by atoms with E-state index in [9.17, 15) is 0 Å². The van der Waals surface area contributed by atoms with E-state index in [1.165, 1.54) is 12.8 Å². The van der Waals surface area contributed by atoms with E-state index in [-0.39, 0.29) is 10.8 Å². The largest absolute Gasteiger partial charge is 0.0648 e. The molecule has 0 heterocycles. The number of hydrogen-bond donors (Lipinski definition) is 0. The molecule has 0 aromatic rings. The van der Waals surface area contributed by atoms with Gasteiger partial charge in [-0.25, -0.2) is 0 Å². The zero-order valence-electron chi connectivity index (χ0n) is 10.3. The molecule has 0 unspecified atom stereocenters. The van der Waals surface area contributed by atoms with Crippen LogP contribution in [0.1, 0.15) is 62.5 Å². The smallest absolute Gasteiger partial charge is 0.0270 e. The predicted molar refractivity (Wildman–Crippen MR) is 50.6 cm³/mol. The Morgan fingerprint density at radius 2 is 1.73 bits per heavy atom. The molecule has 0 atom stereocenters. The first-order chi connectivity index (χ1) is 5.71. The molecule has 0 spiro atoms. The van der Waals surface area contributed by atoms with Crippen LogP contribution in [0.25, 0.3) is 0 Å². The van der Waals surface area contributed by atoms with Gasteiger partial charge in [0.1, 0.15) is 0 Å². The van der Waals surface area contributed by atoms with E-state index in [1.807, 2.05) is 0 Å². The van der Waals surface area contributed by atoms with Crippen LogP contribution in [0.4, 0.5) is 0 Å². The second-order valence-corrected chi connectivity index (χ2v) is 4.79. The molecule has 66 valence electrons. The molecule has 0 nitrogen and oxygen atoms in total. The highest BCUT2D eigenvalue weighted by Gasteiger charge is 2.41. The fourth-order valence-electron chi connectivity index (χ4n) is 2.35. The Morgan fingerprint density at radius 1 is 1.27 bits per heavy atom. The van der Waals surface area contributed by atoms with Crippen molar-refractivity contribution in [1.82, 2.24) is 0 Å². The first-order valence-corrected chi connectivity index (χ1v) is 4.71. The van der Waals surface area contributed by atoms with E-state index in [1.54, 1.807) is 6.92 Å². The van der Waals surface area contributed by atoms with Crippen molar-refractivity contribution >= 4 is 0 Å². The zero-order valence-corrected chi connectivity index (χ0v) is 8.33. The molecule has 0 saturated heterocycles. The van der Waals surface area contributed by atoms with Gasteiger partial charge in [0, 0.05) is 2.74 Å². The molecule has 1 rings (SSSR count). The van der Waals surface area contributed by atoms with E-state index >= 15 is 0 Å². The van der Waals surface area contributed by atoms with E-state index in [0.29, 0.717) is 0 Å². The van der Waals surface area contributed by atoms with Crippen LogP contribution in [0, 0.1) is 10.8 Å². The Balaban J connectivity index is 3.02. The third-order valence-corrected chi connectivity index (χ3v) is 3.37. The molecule has 0 aromatic carbocycles. The van der Waals surface area contributed by atoms with Crippen molar-refractivity contribution in [2.75, 3.05) is 0 Å². The van der Waals surface area contributed by atoms with Gasteiger partial charge in [-0.05, 0) is 30.0 Å². The Morgan fingerprint density at radius 3 is 1.91 bits per heavy atom. The van der Waals surface area contributed by atoms with E-state index < -0.39 is 6.37 Å². The Hall–Kier alpha value is 0. The van der Waals surface area contributed by atoms with Crippen LogP contribution in [-0.4, -0.2) is 0 Å². The van der Waals surface area contributed by atoms with Crippen molar-refractivity contribution in [1.29, 1.82) is 0 Å². The van der Waals surface area contributed by atoms with Gasteiger partial charge < -0.3 is 0 Å². The third-order valence-electron chi connectivity index (χ3n) is 3.37. The topological polar surface area (TPSA) is 0 Å². The van der Waals surface area contributed by atoms with Gasteiger partial charge in [0.25, 0.3) is 0 Å². The van der Waals surface area contributed by atoms with Crippen LogP contribution in [0.15, 0.2) is 0 Å². The Bertz CT molecular complexity index is 161. The minimum Gasteiger partial charge on any atom is -0.0648 e. The van der Waals surface area contributed by atoms with Crippen molar-refractivity contribution in [3.63, 3.8) is 0 Å². The molecule has 0 aromatic heterocycles. The van der Waals surface area contributed by atoms with Gasteiger partial charge >= 0.3 is 0 Å². The van der Waals surface area contributed by atoms with Gasteiger partial charge in [-0.1, -0.05) is 40.5 Å². The number of hydrogen-bond acceptors (Lipinski definition) is 0.